The summed E-state index contributed by atoms with van der Waals surface area (Å²) in [4.78, 5) is 31.9. The summed E-state index contributed by atoms with van der Waals surface area (Å²) in [6.07, 6.45) is 0.546. The number of hydrogen-bond acceptors (Lipinski definition) is 5. The first-order chi connectivity index (χ1) is 13.0. The first-order valence-electron chi connectivity index (χ1n) is 8.77. The first-order valence-corrected chi connectivity index (χ1v) is 9.59. The normalized spacial score (nSPS) is 13.7. The molecule has 0 aliphatic carbocycles. The number of fused-ring (bicyclic) bond motifs is 2. The Balaban J connectivity index is 1.97. The number of thiazole rings is 1. The molecular weight excluding hydrogens is 366 g/mol. The Labute approximate surface area is 159 Å². The number of carboxylic acid groups (broad SMARTS) is 1. The summed E-state index contributed by atoms with van der Waals surface area (Å²) in [5, 5.41) is 9.74. The van der Waals surface area contributed by atoms with E-state index in [0.29, 0.717) is 35.1 Å². The van der Waals surface area contributed by atoms with E-state index in [1.807, 2.05) is 39.0 Å². The average molecular weight is 385 g/mol. The molecule has 1 aliphatic heterocycles. The molecule has 140 valence electrons. The molecule has 0 saturated carbocycles. The van der Waals surface area contributed by atoms with Crippen molar-refractivity contribution in [3.8, 4) is 17.0 Å². The second-order valence-corrected chi connectivity index (χ2v) is 7.48. The number of anilines is 1. The minimum absolute atomic E-state index is 0.0342. The lowest BCUT2D eigenvalue weighted by atomic mass is 10.1. The molecule has 1 amide bonds. The molecule has 0 unspecified atom stereocenters. The van der Waals surface area contributed by atoms with Gasteiger partial charge < -0.3 is 14.7 Å². The summed E-state index contributed by atoms with van der Waals surface area (Å²) in [6.45, 7) is 6.34. The van der Waals surface area contributed by atoms with Gasteiger partial charge in [0.05, 0.1) is 17.1 Å². The number of carbonyl (C=O) groups is 2. The lowest BCUT2D eigenvalue weighted by Crippen LogP contribution is -2.38. The highest BCUT2D eigenvalue weighted by atomic mass is 32.1. The molecule has 8 heteroatoms. The molecule has 0 spiro atoms. The van der Waals surface area contributed by atoms with Gasteiger partial charge >= 0.3 is 5.97 Å². The molecule has 7 nitrogen and oxygen atoms in total. The smallest absolute Gasteiger partial charge is 0.354 e. The molecule has 4 rings (SSSR count). The van der Waals surface area contributed by atoms with Gasteiger partial charge in [0.15, 0.2) is 17.3 Å². The number of aromatic carboxylic acids is 1. The highest BCUT2D eigenvalue weighted by Crippen LogP contribution is 2.39. The van der Waals surface area contributed by atoms with E-state index in [9.17, 15) is 14.7 Å². The van der Waals surface area contributed by atoms with Gasteiger partial charge in [-0.1, -0.05) is 6.92 Å². The van der Waals surface area contributed by atoms with Crippen LogP contribution in [-0.2, 0) is 11.2 Å². The topological polar surface area (TPSA) is 84.1 Å². The van der Waals surface area contributed by atoms with E-state index in [0.717, 1.165) is 16.1 Å². The van der Waals surface area contributed by atoms with E-state index in [-0.39, 0.29) is 18.2 Å². The molecule has 3 aromatic rings. The predicted octanol–water partition coefficient (Wildman–Crippen LogP) is 3.38. The number of ether oxygens (including phenoxy) is 1. The average Bonchev–Trinajstić information content (AvgIpc) is 3.14. The summed E-state index contributed by atoms with van der Waals surface area (Å²) in [6, 6.07) is 5.62. The SMILES string of the molecule is CCc1nc2sc(C)c(-c3ccc4c(c3)N(CC)C(=O)CO4)n2c1C(=O)O. The van der Waals surface area contributed by atoms with Crippen molar-refractivity contribution >= 4 is 33.9 Å². The number of carboxylic acids is 1. The number of benzene rings is 1. The fourth-order valence-electron chi connectivity index (χ4n) is 3.56. The van der Waals surface area contributed by atoms with Crippen LogP contribution in [0.3, 0.4) is 0 Å². The van der Waals surface area contributed by atoms with Gasteiger partial charge in [-0.15, -0.1) is 11.3 Å². The molecule has 0 atom stereocenters. The highest BCUT2D eigenvalue weighted by molar-refractivity contribution is 7.17. The van der Waals surface area contributed by atoms with Crippen LogP contribution in [0.25, 0.3) is 16.2 Å². The van der Waals surface area contributed by atoms with Gasteiger partial charge in [0.2, 0.25) is 0 Å². The van der Waals surface area contributed by atoms with Crippen LogP contribution < -0.4 is 9.64 Å². The van der Waals surface area contributed by atoms with E-state index in [1.165, 1.54) is 11.3 Å². The number of likely N-dealkylation sites (N-methyl/N-ethyl adjacent to an activating group) is 1. The van der Waals surface area contributed by atoms with Crippen LogP contribution in [0.4, 0.5) is 5.69 Å². The lowest BCUT2D eigenvalue weighted by Gasteiger charge is -2.28. The molecule has 0 saturated heterocycles. The number of hydrogen-bond donors (Lipinski definition) is 1. The van der Waals surface area contributed by atoms with Gasteiger partial charge in [-0.25, -0.2) is 9.78 Å². The standard InChI is InChI=1S/C19H19N3O4S/c1-4-12-17(18(24)25)22-16(10(3)27-19(22)20-12)11-6-7-14-13(8-11)21(5-2)15(23)9-26-14/h6-8H,4-5,9H2,1-3H3,(H,24,25). The van der Waals surface area contributed by atoms with Crippen LogP contribution in [-0.4, -0.2) is 39.5 Å². The second kappa shape index (κ2) is 6.38. The third-order valence-corrected chi connectivity index (χ3v) is 5.71. The maximum Gasteiger partial charge on any atom is 0.354 e. The van der Waals surface area contributed by atoms with Crippen LogP contribution >= 0.6 is 11.3 Å². The van der Waals surface area contributed by atoms with Crippen molar-refractivity contribution in [2.75, 3.05) is 18.1 Å². The maximum atomic E-state index is 12.2. The Bertz CT molecular complexity index is 1080. The van der Waals surface area contributed by atoms with Gasteiger partial charge in [0, 0.05) is 17.0 Å². The summed E-state index contributed by atoms with van der Waals surface area (Å²) >= 11 is 1.46. The Morgan fingerprint density at radius 3 is 2.81 bits per heavy atom. The first kappa shape index (κ1) is 17.5. The predicted molar refractivity (Wildman–Crippen MR) is 103 cm³/mol. The molecule has 1 aromatic carbocycles. The quantitative estimate of drug-likeness (QED) is 0.744. The van der Waals surface area contributed by atoms with Crippen molar-refractivity contribution in [3.63, 3.8) is 0 Å². The second-order valence-electron chi connectivity index (χ2n) is 6.30. The fourth-order valence-corrected chi connectivity index (χ4v) is 4.57. The molecule has 0 fully saturated rings. The largest absolute Gasteiger partial charge is 0.482 e. The Kier molecular flexibility index (Phi) is 4.15. The Morgan fingerprint density at radius 2 is 2.15 bits per heavy atom. The van der Waals surface area contributed by atoms with E-state index in [1.54, 1.807) is 9.30 Å². The van der Waals surface area contributed by atoms with Crippen LogP contribution in [0.15, 0.2) is 18.2 Å². The van der Waals surface area contributed by atoms with E-state index in [2.05, 4.69) is 4.98 Å². The molecule has 27 heavy (non-hydrogen) atoms. The number of aryl methyl sites for hydroxylation is 2. The summed E-state index contributed by atoms with van der Waals surface area (Å²) in [7, 11) is 0. The molecule has 1 N–H and O–H groups in total. The summed E-state index contributed by atoms with van der Waals surface area (Å²) in [5.41, 5.74) is 3.09. The van der Waals surface area contributed by atoms with Gasteiger partial charge in [0.1, 0.15) is 5.75 Å². The molecule has 0 radical (unpaired) electrons. The molecule has 2 aromatic heterocycles. The number of nitrogens with zero attached hydrogens (tertiary/aromatic N) is 3. The Morgan fingerprint density at radius 1 is 1.37 bits per heavy atom. The fraction of sp³-hybridized carbons (Fsp3) is 0.316. The number of rotatable bonds is 4. The van der Waals surface area contributed by atoms with Gasteiger partial charge in [0.25, 0.3) is 5.91 Å². The van der Waals surface area contributed by atoms with Crippen molar-refractivity contribution in [1.82, 2.24) is 9.38 Å². The van der Waals surface area contributed by atoms with Crippen molar-refractivity contribution < 1.29 is 19.4 Å². The molecular formula is C19H19N3O4S. The van der Waals surface area contributed by atoms with Gasteiger partial charge in [-0.2, -0.15) is 0 Å². The van der Waals surface area contributed by atoms with Crippen molar-refractivity contribution in [3.05, 3.63) is 34.5 Å². The third kappa shape index (κ3) is 2.59. The zero-order valence-electron chi connectivity index (χ0n) is 15.3. The summed E-state index contributed by atoms with van der Waals surface area (Å²) in [5.74, 6) is -0.427. The highest BCUT2D eigenvalue weighted by Gasteiger charge is 2.27. The molecule has 3 heterocycles. The Hall–Kier alpha value is -2.87. The molecule has 1 aliphatic rings. The number of carbonyl (C=O) groups excluding carboxylic acids is 1. The molecule has 0 bridgehead atoms. The van der Waals surface area contributed by atoms with Crippen LogP contribution in [0.2, 0.25) is 0 Å². The van der Waals surface area contributed by atoms with Crippen LogP contribution in [0.5, 0.6) is 5.75 Å². The minimum Gasteiger partial charge on any atom is -0.482 e. The van der Waals surface area contributed by atoms with Crippen LogP contribution in [0.1, 0.15) is 34.9 Å². The summed E-state index contributed by atoms with van der Waals surface area (Å²) < 4.78 is 7.25. The van der Waals surface area contributed by atoms with Gasteiger partial charge in [-0.3, -0.25) is 9.20 Å². The van der Waals surface area contributed by atoms with Crippen LogP contribution in [0, 0.1) is 6.92 Å². The third-order valence-electron chi connectivity index (χ3n) is 4.75. The van der Waals surface area contributed by atoms with E-state index < -0.39 is 5.97 Å². The number of aromatic nitrogens is 2. The lowest BCUT2D eigenvalue weighted by molar-refractivity contribution is -0.121. The van der Waals surface area contributed by atoms with Crippen molar-refractivity contribution in [2.45, 2.75) is 27.2 Å². The van der Waals surface area contributed by atoms with E-state index >= 15 is 0 Å². The monoisotopic (exact) mass is 385 g/mol. The number of amides is 1. The van der Waals surface area contributed by atoms with Gasteiger partial charge in [-0.05, 0) is 38.5 Å². The minimum atomic E-state index is -0.995. The van der Waals surface area contributed by atoms with Crippen molar-refractivity contribution in [2.24, 2.45) is 0 Å². The zero-order valence-corrected chi connectivity index (χ0v) is 16.1. The maximum absolute atomic E-state index is 12.2. The van der Waals surface area contributed by atoms with Crippen molar-refractivity contribution in [1.29, 1.82) is 0 Å². The number of imidazole rings is 1. The van der Waals surface area contributed by atoms with E-state index in [4.69, 9.17) is 4.74 Å². The zero-order chi connectivity index (χ0) is 19.3.